The zero-order valence-corrected chi connectivity index (χ0v) is 17.7. The fourth-order valence-electron chi connectivity index (χ4n) is 1.59. The van der Waals surface area contributed by atoms with Crippen molar-refractivity contribution in [1.29, 1.82) is 0 Å². The molecule has 1 rings (SSSR count). The van der Waals surface area contributed by atoms with Gasteiger partial charge >= 0.3 is 5.97 Å². The van der Waals surface area contributed by atoms with Crippen molar-refractivity contribution in [3.63, 3.8) is 0 Å². The van der Waals surface area contributed by atoms with Gasteiger partial charge in [-0.3, -0.25) is 4.79 Å². The van der Waals surface area contributed by atoms with Crippen LogP contribution in [0.3, 0.4) is 0 Å². The monoisotopic (exact) mass is 504 g/mol. The molecule has 2 nitrogen and oxygen atoms in total. The van der Waals surface area contributed by atoms with Crippen molar-refractivity contribution in [1.82, 2.24) is 0 Å². The van der Waals surface area contributed by atoms with Gasteiger partial charge in [0.2, 0.25) is 0 Å². The quantitative estimate of drug-likeness (QED) is 0.379. The largest absolute Gasteiger partial charge is 0.466 e. The van der Waals surface area contributed by atoms with E-state index in [1.165, 1.54) is 22.3 Å². The van der Waals surface area contributed by atoms with Gasteiger partial charge in [0.15, 0.2) is 0 Å². The molecule has 0 heterocycles. The Hall–Kier alpha value is 0.150. The summed E-state index contributed by atoms with van der Waals surface area (Å²) < 4.78 is 4.55. The molecule has 4 heteroatoms. The van der Waals surface area contributed by atoms with E-state index in [4.69, 9.17) is 0 Å². The second kappa shape index (κ2) is 14.1. The summed E-state index contributed by atoms with van der Waals surface area (Å²) in [5.41, 5.74) is 5.72. The number of hydrogen-bond donors (Lipinski definition) is 0. The van der Waals surface area contributed by atoms with Crippen molar-refractivity contribution >= 4 is 43.2 Å². The molecule has 0 aliphatic rings. The lowest BCUT2D eigenvalue weighted by Gasteiger charge is -2.06. The van der Waals surface area contributed by atoms with Crippen molar-refractivity contribution < 1.29 is 9.53 Å². The molecular formula is C16H26I2O2. The van der Waals surface area contributed by atoms with Gasteiger partial charge in [-0.25, -0.2) is 0 Å². The molecule has 0 fully saturated rings. The molecule has 0 spiro atoms. The highest BCUT2D eigenvalue weighted by atomic mass is 128. The van der Waals surface area contributed by atoms with Crippen LogP contribution >= 0.6 is 37.2 Å². The molecule has 1 aromatic carbocycles. The van der Waals surface area contributed by atoms with E-state index < -0.39 is 0 Å². The fraction of sp³-hybridized carbons (Fsp3) is 0.562. The van der Waals surface area contributed by atoms with Gasteiger partial charge in [0.1, 0.15) is 0 Å². The van der Waals surface area contributed by atoms with Crippen molar-refractivity contribution in [2.75, 3.05) is 6.61 Å². The third-order valence-corrected chi connectivity index (χ3v) is 2.99. The summed E-state index contributed by atoms with van der Waals surface area (Å²) in [7, 11) is 0. The third kappa shape index (κ3) is 9.96. The van der Waals surface area contributed by atoms with Gasteiger partial charge < -0.3 is 4.74 Å². The van der Waals surface area contributed by atoms with Crippen molar-refractivity contribution in [2.24, 2.45) is 0 Å². The van der Waals surface area contributed by atoms with Crippen LogP contribution in [0.25, 0.3) is 0 Å². The molecule has 0 saturated heterocycles. The number of benzene rings is 1. The lowest BCUT2D eigenvalue weighted by Crippen LogP contribution is -2.00. The number of aryl methyl sites for hydroxylation is 3. The first-order valence-electron chi connectivity index (χ1n) is 6.82. The predicted molar refractivity (Wildman–Crippen MR) is 105 cm³/mol. The van der Waals surface area contributed by atoms with Gasteiger partial charge in [0, 0.05) is 43.7 Å². The molecule has 0 unspecified atom stereocenters. The predicted octanol–water partition coefficient (Wildman–Crippen LogP) is 5.91. The van der Waals surface area contributed by atoms with E-state index in [1.807, 2.05) is 0 Å². The van der Waals surface area contributed by atoms with Crippen LogP contribution < -0.4 is 0 Å². The van der Waals surface area contributed by atoms with E-state index >= 15 is 0 Å². The lowest BCUT2D eigenvalue weighted by molar-refractivity contribution is -0.142. The second-order valence-electron chi connectivity index (χ2n) is 4.37. The minimum absolute atomic E-state index is 0.123. The topological polar surface area (TPSA) is 26.3 Å². The molecular weight excluding hydrogens is 478 g/mol. The molecule has 0 aliphatic heterocycles. The van der Waals surface area contributed by atoms with Crippen LogP contribution in [0.2, 0.25) is 0 Å². The number of rotatable bonds is 3. The van der Waals surface area contributed by atoms with Gasteiger partial charge in [0.05, 0.1) is 6.61 Å². The van der Waals surface area contributed by atoms with Crippen LogP contribution in [-0.4, -0.2) is 12.6 Å². The normalized spacial score (nSPS) is 8.80. The Balaban J connectivity index is 0. The summed E-state index contributed by atoms with van der Waals surface area (Å²) in [4.78, 5) is 10.2. The smallest absolute Gasteiger partial charge is 0.305 e. The zero-order chi connectivity index (χ0) is 16.1. The minimum atomic E-state index is -0.123. The summed E-state index contributed by atoms with van der Waals surface area (Å²) in [5, 5.41) is 0. The fourth-order valence-corrected chi connectivity index (χ4v) is 1.59. The van der Waals surface area contributed by atoms with Gasteiger partial charge in [-0.15, -0.1) is 0 Å². The van der Waals surface area contributed by atoms with E-state index in [0.29, 0.717) is 13.0 Å². The van der Waals surface area contributed by atoms with Gasteiger partial charge in [-0.1, -0.05) is 26.0 Å². The number of ether oxygens (including phenoxy) is 1. The van der Waals surface area contributed by atoms with Gasteiger partial charge in [-0.05, 0) is 56.4 Å². The van der Waals surface area contributed by atoms with Crippen LogP contribution in [0.1, 0.15) is 49.4 Å². The molecule has 0 saturated carbocycles. The van der Waals surface area contributed by atoms with Crippen LogP contribution in [0.5, 0.6) is 0 Å². The highest BCUT2D eigenvalue weighted by molar-refractivity contribution is 15.0. The summed E-state index contributed by atoms with van der Waals surface area (Å²) in [6.07, 6.45) is 1.62. The molecule has 20 heavy (non-hydrogen) atoms. The Morgan fingerprint density at radius 1 is 1.05 bits per heavy atom. The second-order valence-corrected chi connectivity index (χ2v) is 4.37. The maximum absolute atomic E-state index is 10.2. The standard InChI is InChI=1S/C11H16.C5H10O2.I2/c1-5-11-6-8(2)10(4)9(3)7-11;1-3-5(6)7-4-2;1-2/h6-7H,5H2,1-4H3;3-4H2,1-2H3;. The molecule has 0 radical (unpaired) electrons. The summed E-state index contributed by atoms with van der Waals surface area (Å²) in [6.45, 7) is 12.8. The van der Waals surface area contributed by atoms with Crippen LogP contribution in [0, 0.1) is 20.8 Å². The van der Waals surface area contributed by atoms with Gasteiger partial charge in [0.25, 0.3) is 0 Å². The van der Waals surface area contributed by atoms with Crippen LogP contribution in [-0.2, 0) is 16.0 Å². The van der Waals surface area contributed by atoms with Crippen molar-refractivity contribution in [3.8, 4) is 0 Å². The molecule has 0 bridgehead atoms. The Bertz CT molecular complexity index is 367. The lowest BCUT2D eigenvalue weighted by atomic mass is 10.00. The molecule has 0 N–H and O–H groups in total. The highest BCUT2D eigenvalue weighted by Crippen LogP contribution is 2.15. The van der Waals surface area contributed by atoms with Crippen LogP contribution in [0.4, 0.5) is 0 Å². The van der Waals surface area contributed by atoms with Crippen molar-refractivity contribution in [2.45, 2.75) is 54.4 Å². The Morgan fingerprint density at radius 3 is 1.75 bits per heavy atom. The van der Waals surface area contributed by atoms with Gasteiger partial charge in [-0.2, -0.15) is 0 Å². The number of carbonyl (C=O) groups excluding carboxylic acids is 1. The van der Waals surface area contributed by atoms with E-state index in [2.05, 4.69) is 81.8 Å². The van der Waals surface area contributed by atoms with Crippen LogP contribution in [0.15, 0.2) is 12.1 Å². The third-order valence-electron chi connectivity index (χ3n) is 2.99. The molecule has 0 amide bonds. The Morgan fingerprint density at radius 2 is 1.50 bits per heavy atom. The molecule has 1 aromatic rings. The average molecular weight is 504 g/mol. The zero-order valence-electron chi connectivity index (χ0n) is 13.3. The highest BCUT2D eigenvalue weighted by Gasteiger charge is 1.98. The average Bonchev–Trinajstić information content (AvgIpc) is 2.47. The minimum Gasteiger partial charge on any atom is -0.466 e. The SMILES string of the molecule is CCOC(=O)CC.CCc1cc(C)c(C)c(C)c1.II. The Kier molecular flexibility index (Phi) is 15.8. The summed E-state index contributed by atoms with van der Waals surface area (Å²) in [5.74, 6) is -0.123. The maximum atomic E-state index is 10.2. The number of halogens is 2. The first kappa shape index (κ1) is 22.4. The number of esters is 1. The number of carbonyl (C=O) groups is 1. The first-order chi connectivity index (χ1) is 9.46. The van der Waals surface area contributed by atoms with Crippen molar-refractivity contribution in [3.05, 3.63) is 34.4 Å². The van der Waals surface area contributed by atoms with E-state index in [0.717, 1.165) is 6.42 Å². The number of hydrogen-bond acceptors (Lipinski definition) is 2. The summed E-state index contributed by atoms with van der Waals surface area (Å²) >= 11 is 4.24. The molecule has 0 atom stereocenters. The summed E-state index contributed by atoms with van der Waals surface area (Å²) in [6, 6.07) is 4.56. The Labute approximate surface area is 147 Å². The molecule has 0 aromatic heterocycles. The van der Waals surface area contributed by atoms with E-state index in [1.54, 1.807) is 13.8 Å². The first-order valence-corrected chi connectivity index (χ1v) is 13.1. The molecule has 116 valence electrons. The molecule has 0 aliphatic carbocycles. The van der Waals surface area contributed by atoms with E-state index in [9.17, 15) is 4.79 Å². The maximum Gasteiger partial charge on any atom is 0.305 e. The van der Waals surface area contributed by atoms with E-state index in [-0.39, 0.29) is 5.97 Å².